The molecule has 0 bridgehead atoms. The van der Waals surface area contributed by atoms with E-state index in [1.165, 1.54) is 0 Å². The molecule has 1 saturated heterocycles. The number of primary amides is 1. The molecule has 0 spiro atoms. The highest BCUT2D eigenvalue weighted by Gasteiger charge is 2.42. The minimum absolute atomic E-state index is 0. The molecule has 3 atom stereocenters. The van der Waals surface area contributed by atoms with Crippen molar-refractivity contribution < 1.29 is 14.3 Å². The summed E-state index contributed by atoms with van der Waals surface area (Å²) < 4.78 is 5.56. The molecule has 3 unspecified atom stereocenters. The molecule has 4 N–H and O–H groups in total. The number of amides is 2. The van der Waals surface area contributed by atoms with Gasteiger partial charge in [0.05, 0.1) is 13.0 Å². The third kappa shape index (κ3) is 3.99. The Kier molecular flexibility index (Phi) is 6.07. The van der Waals surface area contributed by atoms with Crippen molar-refractivity contribution in [3.05, 3.63) is 29.8 Å². The zero-order valence-electron chi connectivity index (χ0n) is 13.5. The Morgan fingerprint density at radius 1 is 1.17 bits per heavy atom. The van der Waals surface area contributed by atoms with E-state index in [-0.39, 0.29) is 24.4 Å². The van der Waals surface area contributed by atoms with Gasteiger partial charge in [0.1, 0.15) is 5.75 Å². The maximum absolute atomic E-state index is 12.3. The summed E-state index contributed by atoms with van der Waals surface area (Å²) in [5.41, 5.74) is 11.7. The second kappa shape index (κ2) is 7.85. The van der Waals surface area contributed by atoms with E-state index in [1.807, 2.05) is 4.90 Å². The third-order valence-corrected chi connectivity index (χ3v) is 4.99. The fourth-order valence-electron chi connectivity index (χ4n) is 3.64. The first-order valence-corrected chi connectivity index (χ1v) is 8.10. The van der Waals surface area contributed by atoms with E-state index in [4.69, 9.17) is 16.2 Å². The molecule has 1 aromatic carbocycles. The van der Waals surface area contributed by atoms with Crippen LogP contribution in [0.1, 0.15) is 29.6 Å². The van der Waals surface area contributed by atoms with Crippen molar-refractivity contribution in [1.82, 2.24) is 4.90 Å². The molecule has 1 heterocycles. The first-order valence-electron chi connectivity index (χ1n) is 8.10. The van der Waals surface area contributed by atoms with Gasteiger partial charge in [0.25, 0.3) is 0 Å². The third-order valence-electron chi connectivity index (χ3n) is 4.99. The molecular formula is C17H24ClN3O3. The number of ether oxygens (including phenoxy) is 1. The van der Waals surface area contributed by atoms with Gasteiger partial charge in [0.15, 0.2) is 0 Å². The van der Waals surface area contributed by atoms with Crippen LogP contribution in [0.2, 0.25) is 0 Å². The minimum atomic E-state index is -0.468. The van der Waals surface area contributed by atoms with Crippen LogP contribution in [0.3, 0.4) is 0 Å². The number of fused-ring (bicyclic) bond motifs is 1. The van der Waals surface area contributed by atoms with Crippen LogP contribution in [0.25, 0.3) is 0 Å². The molecule has 1 aliphatic carbocycles. The molecule has 132 valence electrons. The highest BCUT2D eigenvalue weighted by atomic mass is 35.5. The summed E-state index contributed by atoms with van der Waals surface area (Å²) in [6.45, 7) is 1.95. The lowest BCUT2D eigenvalue weighted by atomic mass is 9.98. The van der Waals surface area contributed by atoms with Crippen LogP contribution in [0.4, 0.5) is 0 Å². The topological polar surface area (TPSA) is 98.7 Å². The highest BCUT2D eigenvalue weighted by Crippen LogP contribution is 2.37. The second-order valence-electron chi connectivity index (χ2n) is 6.45. The van der Waals surface area contributed by atoms with E-state index in [2.05, 4.69) is 0 Å². The summed E-state index contributed by atoms with van der Waals surface area (Å²) in [5, 5.41) is 0. The molecule has 1 saturated carbocycles. The highest BCUT2D eigenvalue weighted by molar-refractivity contribution is 5.92. The molecule has 1 aliphatic heterocycles. The van der Waals surface area contributed by atoms with Crippen molar-refractivity contribution in [2.75, 3.05) is 19.7 Å². The summed E-state index contributed by atoms with van der Waals surface area (Å²) in [5.74, 6) is 1.34. The number of likely N-dealkylation sites (tertiary alicyclic amines) is 1. The molecule has 2 fully saturated rings. The van der Waals surface area contributed by atoms with Crippen molar-refractivity contribution in [3.63, 3.8) is 0 Å². The van der Waals surface area contributed by atoms with E-state index in [9.17, 15) is 9.59 Å². The van der Waals surface area contributed by atoms with Crippen molar-refractivity contribution in [3.8, 4) is 5.75 Å². The fourth-order valence-corrected chi connectivity index (χ4v) is 3.64. The number of carbonyl (C=O) groups excluding carboxylic acids is 2. The molecule has 0 aromatic heterocycles. The molecule has 0 radical (unpaired) electrons. The predicted molar refractivity (Wildman–Crippen MR) is 93.1 cm³/mol. The number of hydrogen-bond donors (Lipinski definition) is 2. The van der Waals surface area contributed by atoms with Gasteiger partial charge in [0.2, 0.25) is 11.8 Å². The first-order chi connectivity index (χ1) is 11.0. The van der Waals surface area contributed by atoms with Crippen LogP contribution < -0.4 is 16.2 Å². The SMILES string of the molecule is Cl.NC(=O)c1ccc(OCCC(=O)N2CC3CCC(N)C3C2)cc1. The van der Waals surface area contributed by atoms with E-state index < -0.39 is 5.91 Å². The molecule has 1 aromatic rings. The zero-order chi connectivity index (χ0) is 16.4. The fraction of sp³-hybridized carbons (Fsp3) is 0.529. The Bertz CT molecular complexity index is 593. The largest absolute Gasteiger partial charge is 0.493 e. The lowest BCUT2D eigenvalue weighted by Gasteiger charge is -2.18. The van der Waals surface area contributed by atoms with Gasteiger partial charge < -0.3 is 21.1 Å². The Labute approximate surface area is 147 Å². The molecule has 2 amide bonds. The van der Waals surface area contributed by atoms with Crippen LogP contribution in [0.5, 0.6) is 5.75 Å². The molecule has 2 aliphatic rings. The summed E-state index contributed by atoms with van der Waals surface area (Å²) in [4.78, 5) is 25.2. The van der Waals surface area contributed by atoms with Crippen molar-refractivity contribution in [2.24, 2.45) is 23.3 Å². The first kappa shape index (κ1) is 18.5. The molecule has 6 nitrogen and oxygen atoms in total. The van der Waals surface area contributed by atoms with Gasteiger partial charge in [0, 0.05) is 24.7 Å². The summed E-state index contributed by atoms with van der Waals surface area (Å²) in [7, 11) is 0. The van der Waals surface area contributed by atoms with Crippen LogP contribution in [-0.2, 0) is 4.79 Å². The van der Waals surface area contributed by atoms with Crippen LogP contribution in [-0.4, -0.2) is 42.5 Å². The summed E-state index contributed by atoms with van der Waals surface area (Å²) in [6, 6.07) is 6.84. The van der Waals surface area contributed by atoms with E-state index >= 15 is 0 Å². The van der Waals surface area contributed by atoms with Crippen molar-refractivity contribution >= 4 is 24.2 Å². The average Bonchev–Trinajstić information content (AvgIpc) is 3.10. The van der Waals surface area contributed by atoms with Crippen molar-refractivity contribution in [1.29, 1.82) is 0 Å². The van der Waals surface area contributed by atoms with Gasteiger partial charge >= 0.3 is 0 Å². The van der Waals surface area contributed by atoms with Gasteiger partial charge in [-0.3, -0.25) is 9.59 Å². The standard InChI is InChI=1S/C17H23N3O3.ClH/c18-15-6-3-12-9-20(10-14(12)15)16(21)7-8-23-13-4-1-11(2-5-13)17(19)22;/h1-2,4-5,12,14-15H,3,6-10,18H2,(H2,19,22);1H. The van der Waals surface area contributed by atoms with Crippen molar-refractivity contribution in [2.45, 2.75) is 25.3 Å². The Hall–Kier alpha value is -1.79. The Morgan fingerprint density at radius 3 is 2.50 bits per heavy atom. The van der Waals surface area contributed by atoms with E-state index in [0.29, 0.717) is 36.2 Å². The maximum Gasteiger partial charge on any atom is 0.248 e. The quantitative estimate of drug-likeness (QED) is 0.830. The lowest BCUT2D eigenvalue weighted by molar-refractivity contribution is -0.131. The normalized spacial score (nSPS) is 25.0. The molecule has 7 heteroatoms. The zero-order valence-corrected chi connectivity index (χ0v) is 14.3. The molecular weight excluding hydrogens is 330 g/mol. The number of nitrogens with two attached hydrogens (primary N) is 2. The van der Waals surface area contributed by atoms with Gasteiger partial charge in [-0.25, -0.2) is 0 Å². The smallest absolute Gasteiger partial charge is 0.248 e. The van der Waals surface area contributed by atoms with E-state index in [0.717, 1.165) is 25.9 Å². The monoisotopic (exact) mass is 353 g/mol. The maximum atomic E-state index is 12.3. The van der Waals surface area contributed by atoms with Gasteiger partial charge in [-0.2, -0.15) is 0 Å². The molecule has 24 heavy (non-hydrogen) atoms. The minimum Gasteiger partial charge on any atom is -0.493 e. The lowest BCUT2D eigenvalue weighted by Crippen LogP contribution is -2.34. The van der Waals surface area contributed by atoms with Gasteiger partial charge in [-0.15, -0.1) is 12.4 Å². The Balaban J connectivity index is 0.00000208. The van der Waals surface area contributed by atoms with Gasteiger partial charge in [-0.05, 0) is 48.9 Å². The number of carbonyl (C=O) groups is 2. The van der Waals surface area contributed by atoms with Crippen LogP contribution in [0, 0.1) is 11.8 Å². The number of benzene rings is 1. The Morgan fingerprint density at radius 2 is 1.88 bits per heavy atom. The molecule has 3 rings (SSSR count). The second-order valence-corrected chi connectivity index (χ2v) is 6.45. The van der Waals surface area contributed by atoms with Crippen LogP contribution >= 0.6 is 12.4 Å². The number of rotatable bonds is 5. The predicted octanol–water partition coefficient (Wildman–Crippen LogP) is 1.17. The average molecular weight is 354 g/mol. The number of halogens is 1. The van der Waals surface area contributed by atoms with Crippen LogP contribution in [0.15, 0.2) is 24.3 Å². The summed E-state index contributed by atoms with van der Waals surface area (Å²) >= 11 is 0. The van der Waals surface area contributed by atoms with E-state index in [1.54, 1.807) is 24.3 Å². The number of nitrogens with zero attached hydrogens (tertiary/aromatic N) is 1. The summed E-state index contributed by atoms with van der Waals surface area (Å²) in [6.07, 6.45) is 2.58. The number of hydrogen-bond acceptors (Lipinski definition) is 4. The van der Waals surface area contributed by atoms with Gasteiger partial charge in [-0.1, -0.05) is 0 Å².